The minimum Gasteiger partial charge on any atom is -0.496 e. The number of alkyl halides is 3. The summed E-state index contributed by atoms with van der Waals surface area (Å²) >= 11 is 0. The third kappa shape index (κ3) is 5.41. The van der Waals surface area contributed by atoms with Crippen LogP contribution < -0.4 is 4.74 Å². The number of piperazine rings is 1. The van der Waals surface area contributed by atoms with Gasteiger partial charge >= 0.3 is 6.18 Å². The Morgan fingerprint density at radius 3 is 2.21 bits per heavy atom. The summed E-state index contributed by atoms with van der Waals surface area (Å²) < 4.78 is 46.6. The zero-order chi connectivity index (χ0) is 26.7. The number of likely N-dealkylation sites (N-methyl/N-ethyl adjacent to an activating group) is 1. The smallest absolute Gasteiger partial charge is 0.453 e. The monoisotopic (exact) mass is 522 g/mol. The lowest BCUT2D eigenvalue weighted by molar-refractivity contribution is -0.146. The van der Waals surface area contributed by atoms with E-state index in [-0.39, 0.29) is 17.6 Å². The highest BCUT2D eigenvalue weighted by Crippen LogP contribution is 2.34. The molecule has 0 aliphatic carbocycles. The standard InChI is InChI=1S/C28H29F3N6O/c1-35-15-16-36(19-24(35)26(20-9-5-3-6-10-20)21-11-7-4-8-12-21)18-22-17-23(13-14-25(22)38-2)37-27(28(29,30)31)32-33-34-37/h3-14,17,24,26H,15-16,18-19H2,1-2H3/t24-/m0/s1. The minimum atomic E-state index is -4.67. The second-order valence-corrected chi connectivity index (χ2v) is 9.49. The molecule has 0 N–H and O–H groups in total. The number of tetrazole rings is 1. The van der Waals surface area contributed by atoms with Crippen LogP contribution in [0.25, 0.3) is 5.69 Å². The highest BCUT2D eigenvalue weighted by atomic mass is 19.4. The summed E-state index contributed by atoms with van der Waals surface area (Å²) in [5.41, 5.74) is 3.49. The molecule has 3 aromatic carbocycles. The van der Waals surface area contributed by atoms with Gasteiger partial charge in [0, 0.05) is 43.7 Å². The maximum atomic E-state index is 13.4. The second-order valence-electron chi connectivity index (χ2n) is 9.49. The average molecular weight is 523 g/mol. The molecular weight excluding hydrogens is 493 g/mol. The molecule has 0 radical (unpaired) electrons. The molecule has 0 spiro atoms. The van der Waals surface area contributed by atoms with Crippen LogP contribution in [-0.2, 0) is 12.7 Å². The zero-order valence-corrected chi connectivity index (χ0v) is 21.2. The molecule has 1 aliphatic rings. The van der Waals surface area contributed by atoms with Crippen molar-refractivity contribution in [2.75, 3.05) is 33.8 Å². The first-order valence-electron chi connectivity index (χ1n) is 12.4. The number of nitrogens with zero attached hydrogens (tertiary/aromatic N) is 6. The Morgan fingerprint density at radius 2 is 1.61 bits per heavy atom. The summed E-state index contributed by atoms with van der Waals surface area (Å²) in [6.07, 6.45) is -4.67. The van der Waals surface area contributed by atoms with Crippen LogP contribution in [-0.4, -0.2) is 69.8 Å². The van der Waals surface area contributed by atoms with Crippen molar-refractivity contribution in [1.29, 1.82) is 0 Å². The normalized spacial score (nSPS) is 17.2. The number of halogens is 3. The third-order valence-corrected chi connectivity index (χ3v) is 7.11. The molecule has 1 aliphatic heterocycles. The van der Waals surface area contributed by atoms with E-state index in [0.717, 1.165) is 29.9 Å². The molecule has 0 saturated carbocycles. The Kier molecular flexibility index (Phi) is 7.44. The first-order chi connectivity index (χ1) is 18.3. The van der Waals surface area contributed by atoms with Gasteiger partial charge in [-0.2, -0.15) is 17.9 Å². The van der Waals surface area contributed by atoms with Gasteiger partial charge in [-0.3, -0.25) is 9.80 Å². The van der Waals surface area contributed by atoms with Crippen LogP contribution in [0.2, 0.25) is 0 Å². The van der Waals surface area contributed by atoms with Crippen molar-refractivity contribution in [1.82, 2.24) is 30.0 Å². The van der Waals surface area contributed by atoms with Crippen molar-refractivity contribution >= 4 is 0 Å². The maximum absolute atomic E-state index is 13.4. The van der Waals surface area contributed by atoms with Crippen molar-refractivity contribution in [3.63, 3.8) is 0 Å². The zero-order valence-electron chi connectivity index (χ0n) is 21.2. The van der Waals surface area contributed by atoms with Gasteiger partial charge in [-0.1, -0.05) is 60.7 Å². The summed E-state index contributed by atoms with van der Waals surface area (Å²) in [5.74, 6) is -0.399. The predicted molar refractivity (Wildman–Crippen MR) is 137 cm³/mol. The molecule has 0 bridgehead atoms. The number of benzene rings is 3. The number of rotatable bonds is 7. The van der Waals surface area contributed by atoms with Gasteiger partial charge < -0.3 is 4.74 Å². The summed E-state index contributed by atoms with van der Waals surface area (Å²) in [4.78, 5) is 4.72. The Morgan fingerprint density at radius 1 is 0.947 bits per heavy atom. The minimum absolute atomic E-state index is 0.161. The first-order valence-corrected chi connectivity index (χ1v) is 12.4. The van der Waals surface area contributed by atoms with Crippen LogP contribution in [0.5, 0.6) is 5.75 Å². The van der Waals surface area contributed by atoms with Gasteiger partial charge in [-0.05, 0) is 46.8 Å². The van der Waals surface area contributed by atoms with Gasteiger partial charge in [0.15, 0.2) is 0 Å². The lowest BCUT2D eigenvalue weighted by atomic mass is 9.83. The van der Waals surface area contributed by atoms with E-state index in [2.05, 4.69) is 80.9 Å². The van der Waals surface area contributed by atoms with Crippen molar-refractivity contribution in [2.24, 2.45) is 0 Å². The van der Waals surface area contributed by atoms with Gasteiger partial charge in [-0.15, -0.1) is 5.10 Å². The third-order valence-electron chi connectivity index (χ3n) is 7.11. The topological polar surface area (TPSA) is 59.3 Å². The van der Waals surface area contributed by atoms with Crippen LogP contribution >= 0.6 is 0 Å². The molecule has 198 valence electrons. The molecule has 1 aromatic heterocycles. The van der Waals surface area contributed by atoms with Crippen LogP contribution in [0.1, 0.15) is 28.4 Å². The van der Waals surface area contributed by atoms with Gasteiger partial charge in [0.05, 0.1) is 12.8 Å². The number of hydrogen-bond acceptors (Lipinski definition) is 6. The lowest BCUT2D eigenvalue weighted by Crippen LogP contribution is -2.53. The van der Waals surface area contributed by atoms with E-state index in [9.17, 15) is 13.2 Å². The van der Waals surface area contributed by atoms with Crippen molar-refractivity contribution in [2.45, 2.75) is 24.7 Å². The summed E-state index contributed by atoms with van der Waals surface area (Å²) in [7, 11) is 3.71. The molecule has 5 rings (SSSR count). The fraction of sp³-hybridized carbons (Fsp3) is 0.321. The van der Waals surface area contributed by atoms with Crippen LogP contribution in [0, 0.1) is 0 Å². The average Bonchev–Trinajstić information content (AvgIpc) is 3.43. The molecule has 1 fully saturated rings. The van der Waals surface area contributed by atoms with Crippen molar-refractivity contribution in [3.05, 3.63) is 101 Å². The number of ether oxygens (including phenoxy) is 1. The second kappa shape index (κ2) is 10.9. The molecule has 0 amide bonds. The lowest BCUT2D eigenvalue weighted by Gasteiger charge is -2.43. The summed E-state index contributed by atoms with van der Waals surface area (Å²) in [6, 6.07) is 26.0. The van der Waals surface area contributed by atoms with Crippen LogP contribution in [0.15, 0.2) is 78.9 Å². The number of aromatic nitrogens is 4. The Bertz CT molecular complexity index is 1310. The number of hydrogen-bond donors (Lipinski definition) is 0. The molecule has 4 aromatic rings. The molecule has 7 nitrogen and oxygen atoms in total. The quantitative estimate of drug-likeness (QED) is 0.353. The molecule has 1 saturated heterocycles. The van der Waals surface area contributed by atoms with Gasteiger partial charge in [0.2, 0.25) is 0 Å². The molecule has 1 atom stereocenters. The van der Waals surface area contributed by atoms with E-state index in [0.29, 0.717) is 12.3 Å². The maximum Gasteiger partial charge on any atom is 0.453 e. The van der Waals surface area contributed by atoms with Crippen molar-refractivity contribution in [3.8, 4) is 11.4 Å². The molecule has 0 unspecified atom stereocenters. The predicted octanol–water partition coefficient (Wildman–Crippen LogP) is 4.64. The van der Waals surface area contributed by atoms with E-state index in [1.807, 2.05) is 12.1 Å². The Balaban J connectivity index is 1.44. The highest BCUT2D eigenvalue weighted by molar-refractivity contribution is 5.44. The molecule has 10 heteroatoms. The molecular formula is C28H29F3N6O. The summed E-state index contributed by atoms with van der Waals surface area (Å²) in [6.45, 7) is 2.96. The van der Waals surface area contributed by atoms with E-state index >= 15 is 0 Å². The Hall–Kier alpha value is -3.76. The van der Waals surface area contributed by atoms with Crippen molar-refractivity contribution < 1.29 is 17.9 Å². The van der Waals surface area contributed by atoms with Crippen LogP contribution in [0.4, 0.5) is 13.2 Å². The molecule has 2 heterocycles. The fourth-order valence-corrected chi connectivity index (χ4v) is 5.22. The van der Waals surface area contributed by atoms with Gasteiger partial charge in [0.25, 0.3) is 5.82 Å². The van der Waals surface area contributed by atoms with E-state index in [1.165, 1.54) is 17.2 Å². The van der Waals surface area contributed by atoms with E-state index < -0.39 is 12.0 Å². The van der Waals surface area contributed by atoms with Gasteiger partial charge in [-0.25, -0.2) is 0 Å². The fourth-order valence-electron chi connectivity index (χ4n) is 5.22. The Labute approximate surface area is 219 Å². The van der Waals surface area contributed by atoms with E-state index in [4.69, 9.17) is 4.74 Å². The van der Waals surface area contributed by atoms with E-state index in [1.54, 1.807) is 19.2 Å². The molecule has 38 heavy (non-hydrogen) atoms. The van der Waals surface area contributed by atoms with Crippen LogP contribution in [0.3, 0.4) is 0 Å². The number of methoxy groups -OCH3 is 1. The highest BCUT2D eigenvalue weighted by Gasteiger charge is 2.39. The summed E-state index contributed by atoms with van der Waals surface area (Å²) in [5, 5.41) is 10.0. The SMILES string of the molecule is COc1ccc(-n2nnnc2C(F)(F)F)cc1CN1CCN(C)[C@H](C(c2ccccc2)c2ccccc2)C1. The first kappa shape index (κ1) is 25.9. The largest absolute Gasteiger partial charge is 0.496 e. The van der Waals surface area contributed by atoms with Gasteiger partial charge in [0.1, 0.15) is 5.75 Å².